The molecule has 0 amide bonds. The van der Waals surface area contributed by atoms with Gasteiger partial charge in [0.25, 0.3) is 0 Å². The van der Waals surface area contributed by atoms with Crippen LogP contribution in [0.15, 0.2) is 34.6 Å². The van der Waals surface area contributed by atoms with E-state index in [-0.39, 0.29) is 0 Å². The lowest BCUT2D eigenvalue weighted by molar-refractivity contribution is 0.415. The van der Waals surface area contributed by atoms with Gasteiger partial charge in [0.05, 0.1) is 13.3 Å². The van der Waals surface area contributed by atoms with E-state index in [9.17, 15) is 0 Å². The molecular formula is C8H9N3O. The summed E-state index contributed by atoms with van der Waals surface area (Å²) in [7, 11) is 1.61. The first-order valence-electron chi connectivity index (χ1n) is 3.40. The van der Waals surface area contributed by atoms with Gasteiger partial charge in [-0.05, 0) is 29.8 Å². The van der Waals surface area contributed by atoms with Gasteiger partial charge in [0.15, 0.2) is 0 Å². The second-order valence-electron chi connectivity index (χ2n) is 2.12. The maximum Gasteiger partial charge on any atom is 0.118 e. The summed E-state index contributed by atoms with van der Waals surface area (Å²) in [5.74, 6) is 0.801. The predicted octanol–water partition coefficient (Wildman–Crippen LogP) is 2.06. The van der Waals surface area contributed by atoms with Gasteiger partial charge < -0.3 is 4.74 Å². The first-order valence-corrected chi connectivity index (χ1v) is 3.40. The maximum atomic E-state index is 6.43. The van der Waals surface area contributed by atoms with Crippen LogP contribution in [0.2, 0.25) is 0 Å². The van der Waals surface area contributed by atoms with Gasteiger partial charge in [-0.1, -0.05) is 5.22 Å². The molecule has 0 radical (unpaired) electrons. The topological polar surface area (TPSA) is 57.8 Å². The molecule has 0 aliphatic carbocycles. The number of nitrogens with zero attached hydrogens (tertiary/aromatic N) is 2. The van der Waals surface area contributed by atoms with Crippen molar-refractivity contribution < 1.29 is 4.74 Å². The molecule has 0 saturated heterocycles. The zero-order chi connectivity index (χ0) is 8.81. The van der Waals surface area contributed by atoms with Crippen LogP contribution in [0.4, 0.5) is 0 Å². The van der Waals surface area contributed by atoms with E-state index < -0.39 is 0 Å². The van der Waals surface area contributed by atoms with Gasteiger partial charge in [0.1, 0.15) is 5.75 Å². The molecule has 0 saturated carbocycles. The van der Waals surface area contributed by atoms with Gasteiger partial charge >= 0.3 is 0 Å². The van der Waals surface area contributed by atoms with E-state index in [1.165, 1.54) is 6.21 Å². The smallest absolute Gasteiger partial charge is 0.118 e. The average Bonchev–Trinajstić information content (AvgIpc) is 2.15. The quantitative estimate of drug-likeness (QED) is 0.414. The lowest BCUT2D eigenvalue weighted by Crippen LogP contribution is -1.83. The van der Waals surface area contributed by atoms with Crippen molar-refractivity contribution in [3.05, 3.63) is 29.8 Å². The van der Waals surface area contributed by atoms with Crippen molar-refractivity contribution >= 4 is 6.21 Å². The van der Waals surface area contributed by atoms with E-state index in [0.717, 1.165) is 11.3 Å². The number of hydrogen-bond donors (Lipinski definition) is 1. The Morgan fingerprint density at radius 2 is 2.00 bits per heavy atom. The summed E-state index contributed by atoms with van der Waals surface area (Å²) in [5, 5.41) is 6.29. The molecule has 0 heterocycles. The summed E-state index contributed by atoms with van der Waals surface area (Å²) in [6.07, 6.45) is 1.51. The molecule has 0 aliphatic heterocycles. The van der Waals surface area contributed by atoms with Crippen molar-refractivity contribution in [2.24, 2.45) is 10.3 Å². The average molecular weight is 163 g/mol. The highest BCUT2D eigenvalue weighted by atomic mass is 16.5. The molecule has 0 spiro atoms. The van der Waals surface area contributed by atoms with Crippen LogP contribution in [0.25, 0.3) is 0 Å². The maximum absolute atomic E-state index is 6.43. The minimum atomic E-state index is 0.801. The largest absolute Gasteiger partial charge is 0.497 e. The molecule has 0 fully saturated rings. The fourth-order valence-electron chi connectivity index (χ4n) is 0.786. The molecule has 62 valence electrons. The van der Waals surface area contributed by atoms with E-state index in [0.29, 0.717) is 0 Å². The van der Waals surface area contributed by atoms with Crippen LogP contribution in [-0.4, -0.2) is 13.3 Å². The summed E-state index contributed by atoms with van der Waals surface area (Å²) in [6.45, 7) is 0. The molecule has 1 aromatic rings. The Balaban J connectivity index is 2.77. The third-order valence-electron chi connectivity index (χ3n) is 1.38. The van der Waals surface area contributed by atoms with Crippen LogP contribution in [0.5, 0.6) is 5.75 Å². The zero-order valence-electron chi connectivity index (χ0n) is 6.69. The van der Waals surface area contributed by atoms with Crippen molar-refractivity contribution in [3.8, 4) is 5.75 Å². The Bertz CT molecular complexity index is 279. The molecule has 0 atom stereocenters. The van der Waals surface area contributed by atoms with Gasteiger partial charge in [-0.2, -0.15) is 5.53 Å². The first-order chi connectivity index (χ1) is 5.86. The van der Waals surface area contributed by atoms with Gasteiger partial charge in [-0.25, -0.2) is 0 Å². The van der Waals surface area contributed by atoms with Gasteiger partial charge in [0, 0.05) is 0 Å². The van der Waals surface area contributed by atoms with Crippen LogP contribution >= 0.6 is 0 Å². The number of benzene rings is 1. The number of rotatable bonds is 3. The molecule has 1 rings (SSSR count). The summed E-state index contributed by atoms with van der Waals surface area (Å²) in [4.78, 5) is 0. The van der Waals surface area contributed by atoms with Crippen LogP contribution in [0.1, 0.15) is 5.56 Å². The lowest BCUT2D eigenvalue weighted by Gasteiger charge is -1.97. The molecule has 4 nitrogen and oxygen atoms in total. The van der Waals surface area contributed by atoms with Crippen molar-refractivity contribution in [2.75, 3.05) is 7.11 Å². The first kappa shape index (κ1) is 8.39. The second kappa shape index (κ2) is 4.23. The van der Waals surface area contributed by atoms with Crippen LogP contribution in [-0.2, 0) is 0 Å². The highest BCUT2D eigenvalue weighted by Crippen LogP contribution is 2.09. The Kier molecular flexibility index (Phi) is 2.95. The monoisotopic (exact) mass is 163 g/mol. The van der Waals surface area contributed by atoms with Gasteiger partial charge in [-0.3, -0.25) is 0 Å². The Hall–Kier alpha value is -1.71. The number of hydrogen-bond acceptors (Lipinski definition) is 3. The normalized spacial score (nSPS) is 10.1. The van der Waals surface area contributed by atoms with E-state index in [1.807, 2.05) is 24.3 Å². The second-order valence-corrected chi connectivity index (χ2v) is 2.12. The summed E-state index contributed by atoms with van der Waals surface area (Å²) < 4.78 is 4.97. The molecule has 0 aliphatic rings. The van der Waals surface area contributed by atoms with Crippen molar-refractivity contribution in [1.82, 2.24) is 0 Å². The third kappa shape index (κ3) is 2.16. The molecule has 0 aromatic heterocycles. The van der Waals surface area contributed by atoms with E-state index in [4.69, 9.17) is 10.3 Å². The summed E-state index contributed by atoms with van der Waals surface area (Å²) >= 11 is 0. The third-order valence-corrected chi connectivity index (χ3v) is 1.38. The molecule has 1 aromatic carbocycles. The zero-order valence-corrected chi connectivity index (χ0v) is 6.69. The van der Waals surface area contributed by atoms with Crippen molar-refractivity contribution in [2.45, 2.75) is 0 Å². The molecule has 0 bridgehead atoms. The molecular weight excluding hydrogens is 154 g/mol. The Morgan fingerprint density at radius 3 is 2.50 bits per heavy atom. The van der Waals surface area contributed by atoms with E-state index in [1.54, 1.807) is 7.11 Å². The Labute approximate surface area is 70.4 Å². The Morgan fingerprint density at radius 1 is 1.33 bits per heavy atom. The highest BCUT2D eigenvalue weighted by Gasteiger charge is 1.89. The summed E-state index contributed by atoms with van der Waals surface area (Å²) in [5.41, 5.74) is 7.33. The van der Waals surface area contributed by atoms with Crippen LogP contribution in [0, 0.1) is 5.53 Å². The van der Waals surface area contributed by atoms with Crippen molar-refractivity contribution in [3.63, 3.8) is 0 Å². The number of ether oxygens (including phenoxy) is 1. The molecule has 12 heavy (non-hydrogen) atoms. The van der Waals surface area contributed by atoms with Gasteiger partial charge in [-0.15, -0.1) is 5.10 Å². The minimum Gasteiger partial charge on any atom is -0.497 e. The van der Waals surface area contributed by atoms with Crippen LogP contribution in [0.3, 0.4) is 0 Å². The number of methoxy groups -OCH3 is 1. The summed E-state index contributed by atoms with van der Waals surface area (Å²) in [6, 6.07) is 7.33. The fraction of sp³-hybridized carbons (Fsp3) is 0.125. The minimum absolute atomic E-state index is 0.801. The van der Waals surface area contributed by atoms with Crippen LogP contribution < -0.4 is 4.74 Å². The van der Waals surface area contributed by atoms with Crippen molar-refractivity contribution in [1.29, 1.82) is 5.53 Å². The fourth-order valence-corrected chi connectivity index (χ4v) is 0.786. The van der Waals surface area contributed by atoms with E-state index >= 15 is 0 Å². The lowest BCUT2D eigenvalue weighted by atomic mass is 10.2. The molecule has 4 heteroatoms. The number of nitrogens with one attached hydrogen (secondary N) is 1. The molecule has 1 N–H and O–H groups in total. The highest BCUT2D eigenvalue weighted by molar-refractivity contribution is 5.79. The van der Waals surface area contributed by atoms with Gasteiger partial charge in [0.2, 0.25) is 0 Å². The SMILES string of the molecule is COc1ccc(C=NN=N)cc1. The van der Waals surface area contributed by atoms with E-state index in [2.05, 4.69) is 10.3 Å². The molecule has 0 unspecified atom stereocenters. The predicted molar refractivity (Wildman–Crippen MR) is 45.7 cm³/mol. The standard InChI is InChI=1S/C8H9N3O/c1-12-8-4-2-7(3-5-8)6-10-11-9/h2-6,9H,1H3.